The van der Waals surface area contributed by atoms with Crippen LogP contribution >= 0.6 is 0 Å². The molecule has 1 saturated heterocycles. The standard InChI is InChI=1S/C22H29NO4/c1-5-12-26-18-9-7-6-8-16(18)19-13-22(4,23-15(3)24)17-11-10-14(2)20(25)21(17)27-19/h5-10,17,19-21,25H,1,11-13H2,2-4H3,(H,23,24)/t17-,19+,20-,21-,22-/m1/s1. The summed E-state index contributed by atoms with van der Waals surface area (Å²) in [5.41, 5.74) is 1.36. The number of fused-ring (bicyclic) bond motifs is 1. The van der Waals surface area contributed by atoms with Crippen molar-refractivity contribution in [1.82, 2.24) is 5.32 Å². The Kier molecular flexibility index (Phi) is 5.72. The Morgan fingerprint density at radius 2 is 2.22 bits per heavy atom. The predicted octanol–water partition coefficient (Wildman–Crippen LogP) is 3.30. The van der Waals surface area contributed by atoms with E-state index in [0.29, 0.717) is 13.0 Å². The summed E-state index contributed by atoms with van der Waals surface area (Å²) in [7, 11) is 0. The van der Waals surface area contributed by atoms with E-state index in [1.54, 1.807) is 6.08 Å². The largest absolute Gasteiger partial charge is 0.489 e. The molecular weight excluding hydrogens is 342 g/mol. The summed E-state index contributed by atoms with van der Waals surface area (Å²) in [5, 5.41) is 13.9. The first kappa shape index (κ1) is 19.6. The lowest BCUT2D eigenvalue weighted by Crippen LogP contribution is -2.62. The summed E-state index contributed by atoms with van der Waals surface area (Å²) >= 11 is 0. The van der Waals surface area contributed by atoms with E-state index in [-0.39, 0.29) is 24.0 Å². The molecule has 0 radical (unpaired) electrons. The molecule has 1 amide bonds. The molecule has 1 aliphatic heterocycles. The zero-order valence-corrected chi connectivity index (χ0v) is 16.3. The van der Waals surface area contributed by atoms with Crippen LogP contribution in [0.3, 0.4) is 0 Å². The van der Waals surface area contributed by atoms with Crippen LogP contribution in [0.5, 0.6) is 5.75 Å². The molecule has 3 rings (SSSR count). The third-order valence-corrected chi connectivity index (χ3v) is 5.70. The molecule has 1 aromatic rings. The fourth-order valence-corrected chi connectivity index (χ4v) is 4.37. The van der Waals surface area contributed by atoms with Crippen molar-refractivity contribution in [3.05, 3.63) is 54.1 Å². The van der Waals surface area contributed by atoms with E-state index in [4.69, 9.17) is 9.47 Å². The van der Waals surface area contributed by atoms with Crippen LogP contribution in [0.1, 0.15) is 45.3 Å². The molecule has 5 nitrogen and oxygen atoms in total. The first-order valence-corrected chi connectivity index (χ1v) is 9.47. The first-order valence-electron chi connectivity index (χ1n) is 9.47. The molecule has 1 fully saturated rings. The van der Waals surface area contributed by atoms with E-state index in [1.807, 2.05) is 31.2 Å². The van der Waals surface area contributed by atoms with Crippen LogP contribution in [0.2, 0.25) is 0 Å². The Morgan fingerprint density at radius 3 is 2.93 bits per heavy atom. The second-order valence-electron chi connectivity index (χ2n) is 7.76. The van der Waals surface area contributed by atoms with Crippen molar-refractivity contribution in [3.63, 3.8) is 0 Å². The van der Waals surface area contributed by atoms with Gasteiger partial charge in [-0.2, -0.15) is 0 Å². The van der Waals surface area contributed by atoms with Crippen LogP contribution in [-0.4, -0.2) is 35.4 Å². The molecule has 5 heteroatoms. The number of hydrogen-bond acceptors (Lipinski definition) is 4. The summed E-state index contributed by atoms with van der Waals surface area (Å²) in [6.07, 6.45) is 3.79. The number of hydrogen-bond donors (Lipinski definition) is 2. The first-order chi connectivity index (χ1) is 12.9. The molecule has 2 N–H and O–H groups in total. The number of ether oxygens (including phenoxy) is 2. The SMILES string of the molecule is C=CCOc1ccccc1[C@@H]1C[C@@](C)(NC(C)=O)[C@@H]2CC=C(C)[C@@H](O)[C@@H]2O1. The second kappa shape index (κ2) is 7.87. The Hall–Kier alpha value is -2.11. The lowest BCUT2D eigenvalue weighted by Gasteiger charge is -2.52. The molecule has 0 aromatic heterocycles. The maximum absolute atomic E-state index is 11.9. The minimum atomic E-state index is -0.680. The van der Waals surface area contributed by atoms with Crippen molar-refractivity contribution in [1.29, 1.82) is 0 Å². The van der Waals surface area contributed by atoms with Gasteiger partial charge in [0.1, 0.15) is 18.5 Å². The second-order valence-corrected chi connectivity index (χ2v) is 7.76. The lowest BCUT2D eigenvalue weighted by molar-refractivity contribution is -0.165. The zero-order valence-electron chi connectivity index (χ0n) is 16.3. The van der Waals surface area contributed by atoms with Gasteiger partial charge in [-0.3, -0.25) is 4.79 Å². The minimum absolute atomic E-state index is 0.0117. The highest BCUT2D eigenvalue weighted by Crippen LogP contribution is 2.47. The highest BCUT2D eigenvalue weighted by Gasteiger charge is 2.51. The monoisotopic (exact) mass is 371 g/mol. The van der Waals surface area contributed by atoms with Gasteiger partial charge in [-0.1, -0.05) is 36.9 Å². The molecule has 5 atom stereocenters. The quantitative estimate of drug-likeness (QED) is 0.780. The van der Waals surface area contributed by atoms with Gasteiger partial charge >= 0.3 is 0 Å². The van der Waals surface area contributed by atoms with Crippen molar-refractivity contribution in [2.45, 2.75) is 57.5 Å². The van der Waals surface area contributed by atoms with Crippen molar-refractivity contribution in [2.24, 2.45) is 5.92 Å². The molecule has 146 valence electrons. The molecule has 0 spiro atoms. The topological polar surface area (TPSA) is 67.8 Å². The van der Waals surface area contributed by atoms with Crippen molar-refractivity contribution in [3.8, 4) is 5.75 Å². The van der Waals surface area contributed by atoms with Gasteiger partial charge in [0.2, 0.25) is 5.91 Å². The maximum atomic E-state index is 11.9. The smallest absolute Gasteiger partial charge is 0.217 e. The maximum Gasteiger partial charge on any atom is 0.217 e. The van der Waals surface area contributed by atoms with Gasteiger partial charge < -0.3 is 19.9 Å². The van der Waals surface area contributed by atoms with Gasteiger partial charge in [-0.25, -0.2) is 0 Å². The van der Waals surface area contributed by atoms with E-state index in [2.05, 4.69) is 24.9 Å². The summed E-state index contributed by atoms with van der Waals surface area (Å²) in [4.78, 5) is 11.9. The number of nitrogens with one attached hydrogen (secondary N) is 1. The van der Waals surface area contributed by atoms with Gasteiger partial charge in [0.15, 0.2) is 0 Å². The zero-order chi connectivity index (χ0) is 19.6. The van der Waals surface area contributed by atoms with Gasteiger partial charge in [-0.15, -0.1) is 0 Å². The molecule has 1 aromatic carbocycles. The average Bonchev–Trinajstić information content (AvgIpc) is 2.62. The van der Waals surface area contributed by atoms with Crippen LogP contribution in [-0.2, 0) is 9.53 Å². The Morgan fingerprint density at radius 1 is 1.48 bits per heavy atom. The van der Waals surface area contributed by atoms with Crippen LogP contribution in [0.15, 0.2) is 48.6 Å². The van der Waals surface area contributed by atoms with E-state index in [0.717, 1.165) is 23.3 Å². The summed E-state index contributed by atoms with van der Waals surface area (Å²) in [6, 6.07) is 7.76. The number of aliphatic hydroxyl groups is 1. The highest BCUT2D eigenvalue weighted by molar-refractivity contribution is 5.74. The Balaban J connectivity index is 1.97. The normalized spacial score (nSPS) is 32.8. The van der Waals surface area contributed by atoms with E-state index < -0.39 is 11.6 Å². The number of aliphatic hydroxyl groups excluding tert-OH is 1. The number of benzene rings is 1. The number of rotatable bonds is 5. The van der Waals surface area contributed by atoms with Gasteiger partial charge in [0.05, 0.1) is 12.2 Å². The molecule has 0 unspecified atom stereocenters. The Labute approximate surface area is 161 Å². The fraction of sp³-hybridized carbons (Fsp3) is 0.500. The summed E-state index contributed by atoms with van der Waals surface area (Å²) < 4.78 is 12.2. The molecule has 1 aliphatic carbocycles. The number of amides is 1. The van der Waals surface area contributed by atoms with Crippen molar-refractivity contribution < 1.29 is 19.4 Å². The van der Waals surface area contributed by atoms with Crippen LogP contribution < -0.4 is 10.1 Å². The predicted molar refractivity (Wildman–Crippen MR) is 104 cm³/mol. The fourth-order valence-electron chi connectivity index (χ4n) is 4.37. The van der Waals surface area contributed by atoms with Crippen molar-refractivity contribution in [2.75, 3.05) is 6.61 Å². The van der Waals surface area contributed by atoms with Crippen LogP contribution in [0.25, 0.3) is 0 Å². The van der Waals surface area contributed by atoms with Crippen LogP contribution in [0.4, 0.5) is 0 Å². The third-order valence-electron chi connectivity index (χ3n) is 5.70. The number of carbonyl (C=O) groups is 1. The number of carbonyl (C=O) groups excluding carboxylic acids is 1. The molecule has 0 bridgehead atoms. The van der Waals surface area contributed by atoms with E-state index >= 15 is 0 Å². The average molecular weight is 371 g/mol. The lowest BCUT2D eigenvalue weighted by atomic mass is 9.68. The highest BCUT2D eigenvalue weighted by atomic mass is 16.5. The van der Waals surface area contributed by atoms with Crippen LogP contribution in [0, 0.1) is 5.92 Å². The minimum Gasteiger partial charge on any atom is -0.489 e. The third kappa shape index (κ3) is 3.94. The van der Waals surface area contributed by atoms with Gasteiger partial charge in [0, 0.05) is 30.4 Å². The van der Waals surface area contributed by atoms with Gasteiger partial charge in [0.25, 0.3) is 0 Å². The summed E-state index contributed by atoms with van der Waals surface area (Å²) in [6.45, 7) is 9.62. The van der Waals surface area contributed by atoms with E-state index in [1.165, 1.54) is 6.92 Å². The number of para-hydroxylation sites is 1. The molecular formula is C22H29NO4. The Bertz CT molecular complexity index is 744. The molecule has 1 heterocycles. The van der Waals surface area contributed by atoms with Crippen molar-refractivity contribution >= 4 is 5.91 Å². The summed E-state index contributed by atoms with van der Waals surface area (Å²) in [5.74, 6) is 0.676. The molecule has 2 aliphatic rings. The van der Waals surface area contributed by atoms with E-state index in [9.17, 15) is 9.90 Å². The molecule has 0 saturated carbocycles. The number of allylic oxidation sites excluding steroid dienone is 1. The molecule has 27 heavy (non-hydrogen) atoms. The van der Waals surface area contributed by atoms with Gasteiger partial charge in [-0.05, 0) is 31.9 Å².